The van der Waals surface area contributed by atoms with E-state index in [2.05, 4.69) is 15.9 Å². The maximum Gasteiger partial charge on any atom is 0.0465 e. The summed E-state index contributed by atoms with van der Waals surface area (Å²) in [5.41, 5.74) is 1.16. The average Bonchev–Trinajstić information content (AvgIpc) is 2.09. The van der Waals surface area contributed by atoms with Crippen LogP contribution in [0.2, 0.25) is 0 Å². The highest BCUT2D eigenvalue weighted by Crippen LogP contribution is 2.11. The maximum atomic E-state index is 8.53. The Morgan fingerprint density at radius 1 is 1.25 bits per heavy atom. The van der Waals surface area contributed by atoms with Gasteiger partial charge in [-0.05, 0) is 24.1 Å². The zero-order valence-electron chi connectivity index (χ0n) is 6.70. The zero-order chi connectivity index (χ0) is 8.81. The molecule has 0 aliphatic rings. The van der Waals surface area contributed by atoms with Gasteiger partial charge in [0.15, 0.2) is 0 Å². The highest BCUT2D eigenvalue weighted by Gasteiger charge is 1.86. The van der Waals surface area contributed by atoms with Crippen molar-refractivity contribution in [3.63, 3.8) is 0 Å². The molecule has 0 amide bonds. The summed E-state index contributed by atoms with van der Waals surface area (Å²) < 4.78 is 1.09. The minimum absolute atomic E-state index is 0.215. The lowest BCUT2D eigenvalue weighted by Crippen LogP contribution is -1.76. The fraction of sp³-hybridized carbons (Fsp3) is 0.200. The predicted molar refractivity (Wildman–Crippen MR) is 54.9 cm³/mol. The van der Waals surface area contributed by atoms with Crippen LogP contribution in [0.5, 0.6) is 0 Å². The summed E-state index contributed by atoms with van der Waals surface area (Å²) in [6.07, 6.45) is 4.68. The van der Waals surface area contributed by atoms with Crippen molar-refractivity contribution in [2.24, 2.45) is 0 Å². The van der Waals surface area contributed by atoms with Gasteiger partial charge in [-0.3, -0.25) is 0 Å². The van der Waals surface area contributed by atoms with Crippen LogP contribution in [-0.4, -0.2) is 11.7 Å². The van der Waals surface area contributed by atoms with E-state index >= 15 is 0 Å². The molecule has 0 saturated carbocycles. The van der Waals surface area contributed by atoms with Gasteiger partial charge in [-0.1, -0.05) is 40.2 Å². The van der Waals surface area contributed by atoms with Crippen molar-refractivity contribution in [1.82, 2.24) is 0 Å². The van der Waals surface area contributed by atoms with E-state index in [1.54, 1.807) is 0 Å². The van der Waals surface area contributed by atoms with Gasteiger partial charge in [0.1, 0.15) is 0 Å². The first-order valence-electron chi connectivity index (χ1n) is 3.86. The Kier molecular flexibility index (Phi) is 4.05. The second-order valence-electron chi connectivity index (χ2n) is 2.47. The molecular weight excluding hydrogens is 216 g/mol. The predicted octanol–water partition coefficient (Wildman–Crippen LogP) is 2.84. The van der Waals surface area contributed by atoms with Gasteiger partial charge in [0.2, 0.25) is 0 Å². The van der Waals surface area contributed by atoms with E-state index in [0.29, 0.717) is 0 Å². The summed E-state index contributed by atoms with van der Waals surface area (Å²) in [5, 5.41) is 8.53. The normalized spacial score (nSPS) is 10.8. The van der Waals surface area contributed by atoms with Crippen LogP contribution in [0.1, 0.15) is 12.0 Å². The number of halogens is 1. The number of aliphatic hydroxyl groups excluding tert-OH is 1. The second-order valence-corrected chi connectivity index (χ2v) is 3.38. The molecule has 0 fully saturated rings. The van der Waals surface area contributed by atoms with Crippen LogP contribution in [0.4, 0.5) is 0 Å². The Balaban J connectivity index is 2.58. The number of benzene rings is 1. The molecule has 1 aromatic rings. The fourth-order valence-electron chi connectivity index (χ4n) is 0.868. The van der Waals surface area contributed by atoms with Crippen molar-refractivity contribution >= 4 is 22.0 Å². The van der Waals surface area contributed by atoms with E-state index in [-0.39, 0.29) is 6.61 Å². The molecule has 12 heavy (non-hydrogen) atoms. The minimum atomic E-state index is 0.215. The van der Waals surface area contributed by atoms with E-state index < -0.39 is 0 Å². The van der Waals surface area contributed by atoms with Crippen molar-refractivity contribution in [2.45, 2.75) is 6.42 Å². The monoisotopic (exact) mass is 226 g/mol. The highest BCUT2D eigenvalue weighted by molar-refractivity contribution is 9.10. The van der Waals surface area contributed by atoms with Crippen molar-refractivity contribution in [3.05, 3.63) is 40.4 Å². The lowest BCUT2D eigenvalue weighted by Gasteiger charge is -1.92. The molecule has 0 spiro atoms. The molecule has 0 atom stereocenters. The molecule has 0 heterocycles. The first-order chi connectivity index (χ1) is 5.83. The summed E-state index contributed by atoms with van der Waals surface area (Å²) in [6, 6.07) is 8.05. The Hall–Kier alpha value is -0.600. The molecule has 0 aliphatic carbocycles. The third-order valence-corrected chi connectivity index (χ3v) is 2.00. The van der Waals surface area contributed by atoms with Gasteiger partial charge in [-0.2, -0.15) is 0 Å². The molecule has 1 nitrogen and oxygen atoms in total. The third-order valence-electron chi connectivity index (χ3n) is 1.48. The summed E-state index contributed by atoms with van der Waals surface area (Å²) >= 11 is 3.36. The summed E-state index contributed by atoms with van der Waals surface area (Å²) in [5.74, 6) is 0. The summed E-state index contributed by atoms with van der Waals surface area (Å²) in [4.78, 5) is 0. The fourth-order valence-corrected chi connectivity index (χ4v) is 1.13. The van der Waals surface area contributed by atoms with Crippen LogP contribution in [0.25, 0.3) is 6.08 Å². The van der Waals surface area contributed by atoms with Crippen LogP contribution >= 0.6 is 15.9 Å². The Bertz CT molecular complexity index is 251. The molecular formula is C10H11BrO. The van der Waals surface area contributed by atoms with E-state index in [9.17, 15) is 0 Å². The van der Waals surface area contributed by atoms with Gasteiger partial charge in [-0.25, -0.2) is 0 Å². The van der Waals surface area contributed by atoms with Crippen LogP contribution in [0.3, 0.4) is 0 Å². The van der Waals surface area contributed by atoms with Crippen LogP contribution < -0.4 is 0 Å². The lowest BCUT2D eigenvalue weighted by atomic mass is 10.2. The van der Waals surface area contributed by atoms with Crippen molar-refractivity contribution in [2.75, 3.05) is 6.61 Å². The number of hydrogen-bond donors (Lipinski definition) is 1. The Labute approximate surface area is 80.9 Å². The topological polar surface area (TPSA) is 20.2 Å². The van der Waals surface area contributed by atoms with Crippen molar-refractivity contribution in [1.29, 1.82) is 0 Å². The Morgan fingerprint density at radius 2 is 1.92 bits per heavy atom. The molecule has 64 valence electrons. The van der Waals surface area contributed by atoms with Crippen LogP contribution in [0.15, 0.2) is 34.8 Å². The van der Waals surface area contributed by atoms with Gasteiger partial charge >= 0.3 is 0 Å². The molecule has 0 bridgehead atoms. The van der Waals surface area contributed by atoms with Crippen molar-refractivity contribution < 1.29 is 5.11 Å². The van der Waals surface area contributed by atoms with Gasteiger partial charge in [0.05, 0.1) is 0 Å². The number of aliphatic hydroxyl groups is 1. The minimum Gasteiger partial charge on any atom is -0.396 e. The number of hydrogen-bond acceptors (Lipinski definition) is 1. The first kappa shape index (κ1) is 9.49. The largest absolute Gasteiger partial charge is 0.396 e. The van der Waals surface area contributed by atoms with Gasteiger partial charge in [0.25, 0.3) is 0 Å². The van der Waals surface area contributed by atoms with E-state index in [0.717, 1.165) is 16.5 Å². The number of rotatable bonds is 3. The summed E-state index contributed by atoms with van der Waals surface area (Å²) in [7, 11) is 0. The van der Waals surface area contributed by atoms with Crippen LogP contribution in [-0.2, 0) is 0 Å². The highest BCUT2D eigenvalue weighted by atomic mass is 79.9. The first-order valence-corrected chi connectivity index (χ1v) is 4.65. The molecule has 2 heteroatoms. The Morgan fingerprint density at radius 3 is 2.50 bits per heavy atom. The standard InChI is InChI=1S/C10H11BrO/c11-10-6-4-9(5-7-10)3-1-2-8-12/h1,3-7,12H,2,8H2/b3-1-. The maximum absolute atomic E-state index is 8.53. The zero-order valence-corrected chi connectivity index (χ0v) is 8.29. The quantitative estimate of drug-likeness (QED) is 0.841. The third kappa shape index (κ3) is 3.20. The molecule has 1 rings (SSSR count). The SMILES string of the molecule is OCC/C=C\c1ccc(Br)cc1. The average molecular weight is 227 g/mol. The van der Waals surface area contributed by atoms with Gasteiger partial charge in [0, 0.05) is 11.1 Å². The molecule has 1 aromatic carbocycles. The smallest absolute Gasteiger partial charge is 0.0465 e. The van der Waals surface area contributed by atoms with Crippen molar-refractivity contribution in [3.8, 4) is 0 Å². The molecule has 0 aliphatic heterocycles. The van der Waals surface area contributed by atoms with E-state index in [1.165, 1.54) is 0 Å². The summed E-state index contributed by atoms with van der Waals surface area (Å²) in [6.45, 7) is 0.215. The molecule has 0 radical (unpaired) electrons. The van der Waals surface area contributed by atoms with E-state index in [4.69, 9.17) is 5.11 Å². The van der Waals surface area contributed by atoms with Gasteiger partial charge < -0.3 is 5.11 Å². The van der Waals surface area contributed by atoms with Crippen LogP contribution in [0, 0.1) is 0 Å². The molecule has 0 unspecified atom stereocenters. The molecule has 1 N–H and O–H groups in total. The van der Waals surface area contributed by atoms with Gasteiger partial charge in [-0.15, -0.1) is 0 Å². The van der Waals surface area contributed by atoms with E-state index in [1.807, 2.05) is 36.4 Å². The lowest BCUT2D eigenvalue weighted by molar-refractivity contribution is 0.303. The molecule has 0 saturated heterocycles. The second kappa shape index (κ2) is 5.12. The molecule has 0 aromatic heterocycles.